The predicted molar refractivity (Wildman–Crippen MR) is 116 cm³/mol. The summed E-state index contributed by atoms with van der Waals surface area (Å²) in [5.74, 6) is 1.30. The molecule has 1 aromatic rings. The Balaban J connectivity index is 1.37. The summed E-state index contributed by atoms with van der Waals surface area (Å²) in [7, 11) is 0. The second kappa shape index (κ2) is 9.82. The molecule has 2 fully saturated rings. The van der Waals surface area contributed by atoms with Gasteiger partial charge in [0.1, 0.15) is 12.4 Å². The third-order valence-corrected chi connectivity index (χ3v) is 7.09. The number of carbonyl (C=O) groups excluding carboxylic acids is 2. The fraction of sp³-hybridized carbons (Fsp3) is 0.667. The van der Waals surface area contributed by atoms with Crippen molar-refractivity contribution in [1.29, 1.82) is 0 Å². The van der Waals surface area contributed by atoms with Gasteiger partial charge in [0.25, 0.3) is 0 Å². The standard InChI is InChI=1S/C24H35N3O3/c28-22(20-9-6-14-25-20)27-16-12-24(13-17-27)11-5-1-2-7-19-8-3-4-10-21(19)30-18-15-26-23(24)29/h3-4,8,10,20,25H,1-2,5-7,9,11-18H2,(H,26,29)/t20-/m1/s1. The van der Waals surface area contributed by atoms with Crippen LogP contribution < -0.4 is 15.4 Å². The first-order chi connectivity index (χ1) is 14.7. The number of amides is 2. The largest absolute Gasteiger partial charge is 0.491 e. The van der Waals surface area contributed by atoms with Crippen molar-refractivity contribution < 1.29 is 14.3 Å². The Morgan fingerprint density at radius 3 is 2.67 bits per heavy atom. The monoisotopic (exact) mass is 413 g/mol. The maximum absolute atomic E-state index is 13.2. The van der Waals surface area contributed by atoms with Gasteiger partial charge in [-0.2, -0.15) is 0 Å². The molecule has 6 heteroatoms. The van der Waals surface area contributed by atoms with E-state index in [0.29, 0.717) is 26.2 Å². The van der Waals surface area contributed by atoms with E-state index in [1.807, 2.05) is 17.0 Å². The second-order valence-corrected chi connectivity index (χ2v) is 9.03. The number of piperidine rings is 1. The number of nitrogens with one attached hydrogen (secondary N) is 2. The molecule has 30 heavy (non-hydrogen) atoms. The SMILES string of the molecule is O=C([C@H]1CCCN1)N1CCC2(CCCCCc3ccccc3OCCNC2=O)CC1. The summed E-state index contributed by atoms with van der Waals surface area (Å²) in [6, 6.07) is 8.20. The topological polar surface area (TPSA) is 70.7 Å². The molecule has 3 aliphatic heterocycles. The third kappa shape index (κ3) is 4.80. The number of rotatable bonds is 1. The van der Waals surface area contributed by atoms with Crippen molar-refractivity contribution >= 4 is 11.8 Å². The molecular weight excluding hydrogens is 378 g/mol. The van der Waals surface area contributed by atoms with E-state index in [2.05, 4.69) is 22.8 Å². The highest BCUT2D eigenvalue weighted by Crippen LogP contribution is 2.38. The first-order valence-corrected chi connectivity index (χ1v) is 11.7. The summed E-state index contributed by atoms with van der Waals surface area (Å²) in [6.45, 7) is 3.31. The molecule has 0 bridgehead atoms. The van der Waals surface area contributed by atoms with E-state index in [1.54, 1.807) is 0 Å². The number of hydrogen-bond acceptors (Lipinski definition) is 4. The zero-order valence-electron chi connectivity index (χ0n) is 18.0. The minimum absolute atomic E-state index is 0.0216. The smallest absolute Gasteiger partial charge is 0.239 e. The highest BCUT2D eigenvalue weighted by atomic mass is 16.5. The summed E-state index contributed by atoms with van der Waals surface area (Å²) >= 11 is 0. The number of para-hydroxylation sites is 1. The Bertz CT molecular complexity index is 737. The van der Waals surface area contributed by atoms with E-state index in [-0.39, 0.29) is 23.3 Å². The molecule has 1 aromatic carbocycles. The number of nitrogens with zero attached hydrogens (tertiary/aromatic N) is 1. The summed E-state index contributed by atoms with van der Waals surface area (Å²) in [4.78, 5) is 27.9. The van der Waals surface area contributed by atoms with Crippen LogP contribution in [0.3, 0.4) is 0 Å². The van der Waals surface area contributed by atoms with Crippen molar-refractivity contribution in [2.24, 2.45) is 5.41 Å². The van der Waals surface area contributed by atoms with Crippen molar-refractivity contribution in [3.63, 3.8) is 0 Å². The Morgan fingerprint density at radius 1 is 1.03 bits per heavy atom. The lowest BCUT2D eigenvalue weighted by Crippen LogP contribution is -2.53. The van der Waals surface area contributed by atoms with Crippen LogP contribution >= 0.6 is 0 Å². The lowest BCUT2D eigenvalue weighted by atomic mass is 9.73. The van der Waals surface area contributed by atoms with Gasteiger partial charge in [-0.15, -0.1) is 0 Å². The molecule has 3 aliphatic rings. The molecule has 2 N–H and O–H groups in total. The van der Waals surface area contributed by atoms with Crippen molar-refractivity contribution in [2.45, 2.75) is 63.8 Å². The summed E-state index contributed by atoms with van der Waals surface area (Å²) in [5.41, 5.74) is 0.908. The molecule has 1 spiro atoms. The van der Waals surface area contributed by atoms with E-state index in [1.165, 1.54) is 5.56 Å². The molecule has 0 saturated carbocycles. The van der Waals surface area contributed by atoms with Crippen LogP contribution in [0.2, 0.25) is 0 Å². The first kappa shape index (κ1) is 21.2. The fourth-order valence-electron chi connectivity index (χ4n) is 5.18. The fourth-order valence-corrected chi connectivity index (χ4v) is 5.18. The molecular formula is C24H35N3O3. The van der Waals surface area contributed by atoms with E-state index in [9.17, 15) is 9.59 Å². The van der Waals surface area contributed by atoms with Gasteiger partial charge in [-0.3, -0.25) is 9.59 Å². The molecule has 0 radical (unpaired) electrons. The van der Waals surface area contributed by atoms with E-state index in [4.69, 9.17) is 4.74 Å². The van der Waals surface area contributed by atoms with E-state index < -0.39 is 0 Å². The maximum atomic E-state index is 13.2. The van der Waals surface area contributed by atoms with E-state index in [0.717, 1.165) is 70.1 Å². The minimum Gasteiger partial charge on any atom is -0.491 e. The maximum Gasteiger partial charge on any atom is 0.239 e. The molecule has 164 valence electrons. The van der Waals surface area contributed by atoms with Crippen LogP contribution in [-0.4, -0.2) is 55.5 Å². The zero-order valence-corrected chi connectivity index (χ0v) is 18.0. The Hall–Kier alpha value is -2.08. The molecule has 2 amide bonds. The molecule has 2 saturated heterocycles. The first-order valence-electron chi connectivity index (χ1n) is 11.7. The van der Waals surface area contributed by atoms with Gasteiger partial charge in [-0.05, 0) is 63.1 Å². The quantitative estimate of drug-likeness (QED) is 0.743. The number of likely N-dealkylation sites (tertiary alicyclic amines) is 1. The molecule has 3 heterocycles. The van der Waals surface area contributed by atoms with Crippen LogP contribution in [0.5, 0.6) is 5.75 Å². The van der Waals surface area contributed by atoms with Crippen LogP contribution in [0.25, 0.3) is 0 Å². The molecule has 1 atom stereocenters. The third-order valence-electron chi connectivity index (χ3n) is 7.09. The van der Waals surface area contributed by atoms with Crippen LogP contribution in [0.15, 0.2) is 24.3 Å². The number of benzene rings is 1. The Kier molecular flexibility index (Phi) is 6.93. The summed E-state index contributed by atoms with van der Waals surface area (Å²) < 4.78 is 5.96. The van der Waals surface area contributed by atoms with Gasteiger partial charge in [0, 0.05) is 13.1 Å². The average molecular weight is 414 g/mol. The molecule has 4 rings (SSSR count). The van der Waals surface area contributed by atoms with Crippen LogP contribution in [-0.2, 0) is 16.0 Å². The lowest BCUT2D eigenvalue weighted by Gasteiger charge is -2.41. The van der Waals surface area contributed by atoms with Gasteiger partial charge >= 0.3 is 0 Å². The Labute approximate surface area is 179 Å². The second-order valence-electron chi connectivity index (χ2n) is 9.03. The summed E-state index contributed by atoms with van der Waals surface area (Å²) in [6.07, 6.45) is 8.72. The van der Waals surface area contributed by atoms with Crippen molar-refractivity contribution in [1.82, 2.24) is 15.5 Å². The van der Waals surface area contributed by atoms with Crippen LogP contribution in [0.4, 0.5) is 0 Å². The molecule has 6 nitrogen and oxygen atoms in total. The van der Waals surface area contributed by atoms with Gasteiger partial charge in [0.05, 0.1) is 18.0 Å². The van der Waals surface area contributed by atoms with Crippen molar-refractivity contribution in [2.75, 3.05) is 32.8 Å². The lowest BCUT2D eigenvalue weighted by molar-refractivity contribution is -0.142. The molecule has 0 unspecified atom stereocenters. The number of fused-ring (bicyclic) bond motifs is 1. The summed E-state index contributed by atoms with van der Waals surface area (Å²) in [5, 5.41) is 6.44. The molecule has 0 aliphatic carbocycles. The average Bonchev–Trinajstić information content (AvgIpc) is 3.31. The number of carbonyl (C=O) groups is 2. The van der Waals surface area contributed by atoms with Crippen LogP contribution in [0, 0.1) is 5.41 Å². The predicted octanol–water partition coefficient (Wildman–Crippen LogP) is 2.66. The highest BCUT2D eigenvalue weighted by molar-refractivity contribution is 5.85. The van der Waals surface area contributed by atoms with Gasteiger partial charge in [0.2, 0.25) is 11.8 Å². The number of hydrogen-bond donors (Lipinski definition) is 2. The highest BCUT2D eigenvalue weighted by Gasteiger charge is 2.42. The van der Waals surface area contributed by atoms with Crippen molar-refractivity contribution in [3.05, 3.63) is 29.8 Å². The minimum atomic E-state index is -0.346. The van der Waals surface area contributed by atoms with Crippen molar-refractivity contribution in [3.8, 4) is 5.75 Å². The van der Waals surface area contributed by atoms with Crippen LogP contribution in [0.1, 0.15) is 56.9 Å². The van der Waals surface area contributed by atoms with Gasteiger partial charge < -0.3 is 20.3 Å². The van der Waals surface area contributed by atoms with E-state index >= 15 is 0 Å². The van der Waals surface area contributed by atoms with Gasteiger partial charge in [-0.1, -0.05) is 31.0 Å². The zero-order chi connectivity index (χ0) is 20.8. The number of aryl methyl sites for hydroxylation is 1. The molecule has 0 aromatic heterocycles. The normalized spacial score (nSPS) is 25.3. The van der Waals surface area contributed by atoms with Gasteiger partial charge in [-0.25, -0.2) is 0 Å². The number of ether oxygens (including phenoxy) is 1. The Morgan fingerprint density at radius 2 is 1.87 bits per heavy atom. The van der Waals surface area contributed by atoms with Gasteiger partial charge in [0.15, 0.2) is 0 Å².